The molecule has 10 aromatic rings. The molecule has 0 N–H and O–H groups in total. The summed E-state index contributed by atoms with van der Waals surface area (Å²) in [6.07, 6.45) is 0. The highest BCUT2D eigenvalue weighted by atomic mass is 16.1. The van der Waals surface area contributed by atoms with Crippen molar-refractivity contribution in [3.05, 3.63) is 230 Å². The van der Waals surface area contributed by atoms with Crippen LogP contribution in [-0.2, 0) is 0 Å². The van der Waals surface area contributed by atoms with E-state index in [2.05, 4.69) is 176 Å². The van der Waals surface area contributed by atoms with Crippen molar-refractivity contribution in [2.24, 2.45) is 0 Å². The molecule has 10 rings (SSSR count). The third-order valence-electron chi connectivity index (χ3n) is 11.0. The van der Waals surface area contributed by atoms with Crippen LogP contribution in [0.15, 0.2) is 218 Å². The summed E-state index contributed by atoms with van der Waals surface area (Å²) in [5.74, 6) is 0.0277. The monoisotopic (exact) mass is 712 g/mol. The van der Waals surface area contributed by atoms with Gasteiger partial charge >= 0.3 is 0 Å². The number of carbonyl (C=O) groups excluding carboxylic acids is 1. The minimum absolute atomic E-state index is 0.0277. The number of ketones is 1. The average molecular weight is 713 g/mol. The van der Waals surface area contributed by atoms with Crippen molar-refractivity contribution >= 4 is 38.1 Å². The Morgan fingerprint density at radius 2 is 0.661 bits per heavy atom. The number of carbonyl (C=O) groups is 1. The molecule has 0 saturated carbocycles. The molecule has 0 radical (unpaired) electrons. The van der Waals surface area contributed by atoms with Gasteiger partial charge in [0.15, 0.2) is 5.78 Å². The van der Waals surface area contributed by atoms with Crippen LogP contribution >= 0.6 is 0 Å². The molecule has 0 aliphatic heterocycles. The van der Waals surface area contributed by atoms with Gasteiger partial charge in [-0.15, -0.1) is 0 Å². The second-order valence-electron chi connectivity index (χ2n) is 14.4. The molecule has 0 amide bonds. The predicted molar refractivity (Wildman–Crippen MR) is 236 cm³/mol. The van der Waals surface area contributed by atoms with Crippen molar-refractivity contribution in [2.75, 3.05) is 0 Å². The molecule has 0 atom stereocenters. The van der Waals surface area contributed by atoms with Crippen LogP contribution in [0.5, 0.6) is 0 Å². The Kier molecular flexibility index (Phi) is 8.39. The summed E-state index contributed by atoms with van der Waals surface area (Å²) in [7, 11) is 0. The van der Waals surface area contributed by atoms with Gasteiger partial charge in [-0.2, -0.15) is 0 Å². The Labute approximate surface area is 326 Å². The van der Waals surface area contributed by atoms with Crippen molar-refractivity contribution in [1.29, 1.82) is 0 Å². The zero-order valence-corrected chi connectivity index (χ0v) is 30.7. The van der Waals surface area contributed by atoms with Crippen LogP contribution in [0.2, 0.25) is 0 Å². The van der Waals surface area contributed by atoms with Crippen LogP contribution in [0, 0.1) is 0 Å². The Morgan fingerprint density at radius 3 is 1.20 bits per heavy atom. The van der Waals surface area contributed by atoms with E-state index in [4.69, 9.17) is 0 Å². The van der Waals surface area contributed by atoms with Gasteiger partial charge in [0.2, 0.25) is 0 Å². The van der Waals surface area contributed by atoms with Crippen LogP contribution in [0.3, 0.4) is 0 Å². The molecule has 0 spiro atoms. The highest BCUT2D eigenvalue weighted by Gasteiger charge is 2.20. The lowest BCUT2D eigenvalue weighted by Gasteiger charge is -2.21. The number of rotatable bonds is 7. The first-order valence-corrected chi connectivity index (χ1v) is 19.1. The molecule has 1 nitrogen and oxygen atoms in total. The van der Waals surface area contributed by atoms with Crippen LogP contribution in [0.4, 0.5) is 0 Å². The number of hydrogen-bond acceptors (Lipinski definition) is 1. The lowest BCUT2D eigenvalue weighted by Crippen LogP contribution is -2.00. The van der Waals surface area contributed by atoms with Gasteiger partial charge in [-0.05, 0) is 112 Å². The molecule has 0 unspecified atom stereocenters. The van der Waals surface area contributed by atoms with Crippen molar-refractivity contribution in [3.63, 3.8) is 0 Å². The lowest BCUT2D eigenvalue weighted by atomic mass is 9.82. The summed E-state index contributed by atoms with van der Waals surface area (Å²) in [5.41, 5.74) is 13.1. The Balaban J connectivity index is 1.22. The molecule has 56 heavy (non-hydrogen) atoms. The number of fused-ring (bicyclic) bond motifs is 4. The smallest absolute Gasteiger partial charge is 0.193 e. The van der Waals surface area contributed by atoms with Gasteiger partial charge in [-0.25, -0.2) is 0 Å². The summed E-state index contributed by atoms with van der Waals surface area (Å²) >= 11 is 0. The van der Waals surface area contributed by atoms with E-state index in [1.54, 1.807) is 0 Å². The molecule has 0 aliphatic carbocycles. The van der Waals surface area contributed by atoms with Gasteiger partial charge in [0.1, 0.15) is 0 Å². The van der Waals surface area contributed by atoms with E-state index in [-0.39, 0.29) is 5.78 Å². The third-order valence-corrected chi connectivity index (χ3v) is 11.0. The van der Waals surface area contributed by atoms with Gasteiger partial charge in [-0.3, -0.25) is 4.79 Å². The maximum absolute atomic E-state index is 13.2. The van der Waals surface area contributed by atoms with Crippen molar-refractivity contribution in [3.8, 4) is 55.6 Å². The van der Waals surface area contributed by atoms with Crippen molar-refractivity contribution in [1.82, 2.24) is 0 Å². The Morgan fingerprint density at radius 1 is 0.268 bits per heavy atom. The van der Waals surface area contributed by atoms with E-state index in [1.165, 1.54) is 76.8 Å². The van der Waals surface area contributed by atoms with E-state index in [0.717, 1.165) is 11.1 Å². The standard InChI is InChI=1S/C55H36O/c56-55(41-21-11-4-12-22-41)42-27-25-37(26-28-42)45-29-31-47-48-32-30-46(50-34-44-24-14-13-23-43(44)33-49(50)38-15-5-1-6-16-38)36-52(48)54(40-19-9-3-10-20-40)53(51(47)35-45)39-17-7-2-8-18-39/h1-36H. The lowest BCUT2D eigenvalue weighted by molar-refractivity contribution is 0.103. The molecule has 0 aromatic heterocycles. The summed E-state index contributed by atoms with van der Waals surface area (Å²) < 4.78 is 0. The van der Waals surface area contributed by atoms with Gasteiger partial charge < -0.3 is 0 Å². The fourth-order valence-corrected chi connectivity index (χ4v) is 8.30. The van der Waals surface area contributed by atoms with Gasteiger partial charge in [0, 0.05) is 11.1 Å². The zero-order chi connectivity index (χ0) is 37.4. The first kappa shape index (κ1) is 33.2. The molecular weight excluding hydrogens is 677 g/mol. The van der Waals surface area contributed by atoms with Crippen LogP contribution in [0.25, 0.3) is 88.0 Å². The van der Waals surface area contributed by atoms with Crippen LogP contribution < -0.4 is 0 Å². The van der Waals surface area contributed by atoms with E-state index < -0.39 is 0 Å². The summed E-state index contributed by atoms with van der Waals surface area (Å²) in [6, 6.07) is 77.0. The second-order valence-corrected chi connectivity index (χ2v) is 14.4. The molecule has 0 saturated heterocycles. The first-order valence-electron chi connectivity index (χ1n) is 19.1. The normalized spacial score (nSPS) is 11.3. The third kappa shape index (κ3) is 5.97. The highest BCUT2D eigenvalue weighted by Crippen LogP contribution is 2.47. The van der Waals surface area contributed by atoms with Gasteiger partial charge in [-0.1, -0.05) is 194 Å². The zero-order valence-electron chi connectivity index (χ0n) is 30.7. The topological polar surface area (TPSA) is 17.1 Å². The van der Waals surface area contributed by atoms with Crippen LogP contribution in [-0.4, -0.2) is 5.78 Å². The minimum atomic E-state index is 0.0277. The van der Waals surface area contributed by atoms with E-state index in [0.29, 0.717) is 11.1 Å². The van der Waals surface area contributed by atoms with Crippen molar-refractivity contribution < 1.29 is 4.79 Å². The van der Waals surface area contributed by atoms with Gasteiger partial charge in [0.25, 0.3) is 0 Å². The maximum atomic E-state index is 13.2. The van der Waals surface area contributed by atoms with Crippen molar-refractivity contribution in [2.45, 2.75) is 0 Å². The Bertz CT molecular complexity index is 3040. The maximum Gasteiger partial charge on any atom is 0.193 e. The van der Waals surface area contributed by atoms with Gasteiger partial charge in [0.05, 0.1) is 0 Å². The quantitative estimate of drug-likeness (QED) is 0.119. The fourth-order valence-electron chi connectivity index (χ4n) is 8.30. The molecule has 0 aliphatic rings. The molecular formula is C55H36O. The highest BCUT2D eigenvalue weighted by molar-refractivity contribution is 6.23. The van der Waals surface area contributed by atoms with Crippen LogP contribution in [0.1, 0.15) is 15.9 Å². The average Bonchev–Trinajstić information content (AvgIpc) is 3.28. The van der Waals surface area contributed by atoms with E-state index in [9.17, 15) is 4.79 Å². The summed E-state index contributed by atoms with van der Waals surface area (Å²) in [5, 5.41) is 7.26. The van der Waals surface area contributed by atoms with E-state index in [1.807, 2.05) is 42.5 Å². The van der Waals surface area contributed by atoms with E-state index >= 15 is 0 Å². The first-order chi connectivity index (χ1) is 27.7. The summed E-state index contributed by atoms with van der Waals surface area (Å²) in [4.78, 5) is 13.2. The largest absolute Gasteiger partial charge is 0.289 e. The fraction of sp³-hybridized carbons (Fsp3) is 0. The second kappa shape index (κ2) is 14.1. The molecule has 0 heterocycles. The molecule has 0 fully saturated rings. The summed E-state index contributed by atoms with van der Waals surface area (Å²) in [6.45, 7) is 0. The molecule has 1 heteroatoms. The minimum Gasteiger partial charge on any atom is -0.289 e. The number of benzene rings is 10. The molecule has 262 valence electrons. The predicted octanol–water partition coefficient (Wildman–Crippen LogP) is 14.7. The molecule has 10 aromatic carbocycles. The Hall–Kier alpha value is -7.35. The number of hydrogen-bond donors (Lipinski definition) is 0. The SMILES string of the molecule is O=C(c1ccccc1)c1ccc(-c2ccc3c(c2)c(-c2ccccc2)c(-c2ccccc2)c2cc(-c4cc5ccccc5cc4-c4ccccc4)ccc23)cc1. The molecule has 0 bridgehead atoms.